The van der Waals surface area contributed by atoms with Crippen LogP contribution in [0.5, 0.6) is 5.75 Å². The maximum atomic E-state index is 13.8. The van der Waals surface area contributed by atoms with Gasteiger partial charge in [0.15, 0.2) is 0 Å². The van der Waals surface area contributed by atoms with E-state index < -0.39 is 12.0 Å². The van der Waals surface area contributed by atoms with E-state index in [1.165, 1.54) is 29.8 Å². The fourth-order valence-electron chi connectivity index (χ4n) is 5.34. The lowest BCUT2D eigenvalue weighted by atomic mass is 9.89. The molecule has 1 N–H and O–H groups in total. The van der Waals surface area contributed by atoms with E-state index in [1.54, 1.807) is 12.0 Å². The molecule has 0 radical (unpaired) electrons. The fourth-order valence-corrected chi connectivity index (χ4v) is 5.34. The Morgan fingerprint density at radius 1 is 1.05 bits per heavy atom. The summed E-state index contributed by atoms with van der Waals surface area (Å²) in [7, 11) is 1.56. The van der Waals surface area contributed by atoms with Gasteiger partial charge in [-0.05, 0) is 94.0 Å². The first-order valence-corrected chi connectivity index (χ1v) is 13.0. The number of amides is 1. The summed E-state index contributed by atoms with van der Waals surface area (Å²) in [5.41, 5.74) is 0.921. The number of piperidine rings is 2. The van der Waals surface area contributed by atoms with Crippen molar-refractivity contribution in [3.8, 4) is 5.75 Å². The van der Waals surface area contributed by atoms with Crippen LogP contribution >= 0.6 is 0 Å². The summed E-state index contributed by atoms with van der Waals surface area (Å²) in [5, 5.41) is 3.26. The van der Waals surface area contributed by atoms with Gasteiger partial charge in [-0.2, -0.15) is 0 Å². The Morgan fingerprint density at radius 3 is 2.30 bits per heavy atom. The second-order valence-electron chi connectivity index (χ2n) is 9.94. The summed E-state index contributed by atoms with van der Waals surface area (Å²) >= 11 is 0. The average molecular weight is 520 g/mol. The Morgan fingerprint density at radius 2 is 1.70 bits per heavy atom. The smallest absolute Gasteiger partial charge is 0.406 e. The van der Waals surface area contributed by atoms with Crippen LogP contribution in [0.2, 0.25) is 0 Å². The van der Waals surface area contributed by atoms with Crippen LogP contribution in [0.15, 0.2) is 54.6 Å². The van der Waals surface area contributed by atoms with E-state index in [0.29, 0.717) is 44.1 Å². The molecule has 1 amide bonds. The number of rotatable bonds is 9. The van der Waals surface area contributed by atoms with E-state index in [-0.39, 0.29) is 11.7 Å². The van der Waals surface area contributed by atoms with Crippen LogP contribution in [0.1, 0.15) is 37.7 Å². The van der Waals surface area contributed by atoms with Crippen LogP contribution in [-0.4, -0.2) is 62.6 Å². The molecule has 37 heavy (non-hydrogen) atoms. The van der Waals surface area contributed by atoms with Gasteiger partial charge < -0.3 is 19.7 Å². The van der Waals surface area contributed by atoms with E-state index in [4.69, 9.17) is 4.74 Å². The molecule has 0 atom stereocenters. The molecule has 0 saturated carbocycles. The number of carbonyl (C=O) groups excluding carboxylic acids is 1. The van der Waals surface area contributed by atoms with Crippen molar-refractivity contribution in [1.29, 1.82) is 0 Å². The van der Waals surface area contributed by atoms with Crippen molar-refractivity contribution in [1.82, 2.24) is 10.2 Å². The van der Waals surface area contributed by atoms with Crippen molar-refractivity contribution in [2.24, 2.45) is 5.92 Å². The number of anilines is 1. The number of alkyl halides is 3. The van der Waals surface area contributed by atoms with Gasteiger partial charge >= 0.3 is 6.36 Å². The number of hydrogen-bond acceptors (Lipinski definition) is 5. The Kier molecular flexibility index (Phi) is 9.10. The summed E-state index contributed by atoms with van der Waals surface area (Å²) in [6.07, 6.45) is -0.748. The second-order valence-corrected chi connectivity index (χ2v) is 9.94. The molecule has 0 spiro atoms. The van der Waals surface area contributed by atoms with Gasteiger partial charge in [-0.1, -0.05) is 30.3 Å². The third-order valence-electron chi connectivity index (χ3n) is 7.54. The first-order chi connectivity index (χ1) is 17.8. The molecule has 4 rings (SSSR count). The van der Waals surface area contributed by atoms with E-state index in [9.17, 15) is 18.0 Å². The lowest BCUT2D eigenvalue weighted by Crippen LogP contribution is -2.56. The second kappa shape index (κ2) is 12.3. The number of carbonyl (C=O) groups is 1. The zero-order chi connectivity index (χ0) is 26.3. The third kappa shape index (κ3) is 7.46. The largest absolute Gasteiger partial charge is 0.573 e. The van der Waals surface area contributed by atoms with Gasteiger partial charge in [0, 0.05) is 25.9 Å². The number of halogens is 3. The number of nitrogens with one attached hydrogen (secondary N) is 1. The number of hydrogen-bond donors (Lipinski definition) is 1. The van der Waals surface area contributed by atoms with Crippen LogP contribution < -0.4 is 15.0 Å². The van der Waals surface area contributed by atoms with Crippen LogP contribution in [0.3, 0.4) is 0 Å². The Labute approximate surface area is 216 Å². The third-order valence-corrected chi connectivity index (χ3v) is 7.54. The van der Waals surface area contributed by atoms with E-state index >= 15 is 0 Å². The maximum absolute atomic E-state index is 13.8. The van der Waals surface area contributed by atoms with Crippen LogP contribution in [0, 0.1) is 5.92 Å². The van der Waals surface area contributed by atoms with Crippen molar-refractivity contribution in [2.75, 3.05) is 44.7 Å². The highest BCUT2D eigenvalue weighted by Crippen LogP contribution is 2.32. The summed E-state index contributed by atoms with van der Waals surface area (Å²) in [5.74, 6) is 0.0296. The van der Waals surface area contributed by atoms with Crippen molar-refractivity contribution in [3.05, 3.63) is 60.2 Å². The molecule has 2 heterocycles. The summed E-state index contributed by atoms with van der Waals surface area (Å²) < 4.78 is 47.7. The zero-order valence-corrected chi connectivity index (χ0v) is 21.3. The number of methoxy groups -OCH3 is 1. The number of likely N-dealkylation sites (tertiary alicyclic amines) is 1. The van der Waals surface area contributed by atoms with E-state index in [1.807, 2.05) is 6.07 Å². The van der Waals surface area contributed by atoms with Crippen molar-refractivity contribution >= 4 is 11.6 Å². The first-order valence-electron chi connectivity index (χ1n) is 13.0. The minimum Gasteiger partial charge on any atom is -0.406 e. The Bertz CT molecular complexity index is 987. The zero-order valence-electron chi connectivity index (χ0n) is 21.3. The molecule has 0 unspecified atom stereocenters. The average Bonchev–Trinajstić information content (AvgIpc) is 2.90. The maximum Gasteiger partial charge on any atom is 0.573 e. The molecule has 2 aliphatic heterocycles. The summed E-state index contributed by atoms with van der Waals surface area (Å²) in [6, 6.07) is 16.0. The number of benzene rings is 2. The highest BCUT2D eigenvalue weighted by atomic mass is 19.4. The molecule has 2 fully saturated rings. The minimum absolute atomic E-state index is 0.137. The predicted molar refractivity (Wildman–Crippen MR) is 136 cm³/mol. The monoisotopic (exact) mass is 519 g/mol. The van der Waals surface area contributed by atoms with Gasteiger partial charge in [-0.3, -0.25) is 9.69 Å². The molecule has 0 aliphatic carbocycles. The molecular weight excluding hydrogens is 483 g/mol. The molecule has 2 aliphatic rings. The normalized spacial score (nSPS) is 18.9. The molecule has 0 bridgehead atoms. The number of ether oxygens (including phenoxy) is 2. The van der Waals surface area contributed by atoms with Crippen LogP contribution in [0.25, 0.3) is 0 Å². The van der Waals surface area contributed by atoms with Gasteiger partial charge in [-0.25, -0.2) is 0 Å². The predicted octanol–water partition coefficient (Wildman–Crippen LogP) is 4.99. The molecule has 9 heteroatoms. The van der Waals surface area contributed by atoms with Crippen molar-refractivity contribution in [3.63, 3.8) is 0 Å². The van der Waals surface area contributed by atoms with Gasteiger partial charge in [0.2, 0.25) is 0 Å². The van der Waals surface area contributed by atoms with Crippen LogP contribution in [-0.2, 0) is 16.1 Å². The lowest BCUT2D eigenvalue weighted by molar-refractivity contribution is -0.274. The van der Waals surface area contributed by atoms with E-state index in [0.717, 1.165) is 38.9 Å². The highest BCUT2D eigenvalue weighted by molar-refractivity contribution is 5.99. The van der Waals surface area contributed by atoms with Crippen molar-refractivity contribution < 1.29 is 27.4 Å². The van der Waals surface area contributed by atoms with Crippen molar-refractivity contribution in [2.45, 2.75) is 50.6 Å². The van der Waals surface area contributed by atoms with Gasteiger partial charge in [0.1, 0.15) is 11.4 Å². The number of nitrogens with zero attached hydrogens (tertiary/aromatic N) is 2. The van der Waals surface area contributed by atoms with Crippen LogP contribution in [0.4, 0.5) is 18.9 Å². The minimum atomic E-state index is -4.76. The van der Waals surface area contributed by atoms with Gasteiger partial charge in [0.05, 0.1) is 0 Å². The van der Waals surface area contributed by atoms with E-state index in [2.05, 4.69) is 39.2 Å². The fraction of sp³-hybridized carbons (Fsp3) is 0.536. The summed E-state index contributed by atoms with van der Waals surface area (Å²) in [6.45, 7) is 4.78. The summed E-state index contributed by atoms with van der Waals surface area (Å²) in [4.78, 5) is 18.0. The first kappa shape index (κ1) is 27.4. The highest BCUT2D eigenvalue weighted by Gasteiger charge is 2.43. The lowest BCUT2D eigenvalue weighted by Gasteiger charge is -2.40. The SMILES string of the molecule is COC1(C(=O)N(CCC2CCN(Cc3ccccc3)CC2)c2ccc(OC(F)(F)F)cc2)CCNCC1. The molecule has 2 saturated heterocycles. The molecule has 6 nitrogen and oxygen atoms in total. The molecule has 2 aromatic carbocycles. The van der Waals surface area contributed by atoms with Gasteiger partial charge in [-0.15, -0.1) is 13.2 Å². The topological polar surface area (TPSA) is 54.0 Å². The van der Waals surface area contributed by atoms with Gasteiger partial charge in [0.25, 0.3) is 5.91 Å². The molecule has 0 aromatic heterocycles. The Hall–Kier alpha value is -2.62. The molecular formula is C28H36F3N3O3. The molecule has 2 aromatic rings. The Balaban J connectivity index is 1.42. The molecule has 202 valence electrons. The standard InChI is InChI=1S/C28H36F3N3O3/c1-36-27(14-16-32-17-15-27)26(35)34(24-7-9-25(10-8-24)37-28(29,30)31)20-13-22-11-18-33(19-12-22)21-23-5-3-2-4-6-23/h2-10,22,32H,11-21H2,1H3. The quantitative estimate of drug-likeness (QED) is 0.506.